The van der Waals surface area contributed by atoms with E-state index in [9.17, 15) is 9.90 Å². The Hall–Kier alpha value is -2.03. The lowest BCUT2D eigenvalue weighted by atomic mass is 9.93. The van der Waals surface area contributed by atoms with E-state index in [4.69, 9.17) is 19.3 Å². The van der Waals surface area contributed by atoms with Gasteiger partial charge in [0.05, 0.1) is 18.8 Å². The fraction of sp³-hybridized carbons (Fsp3) is 0.632. The van der Waals surface area contributed by atoms with Crippen LogP contribution >= 0.6 is 0 Å². The highest BCUT2D eigenvalue weighted by molar-refractivity contribution is 5.98. The topological polar surface area (TPSA) is 100 Å². The van der Waals surface area contributed by atoms with Crippen LogP contribution in [0.4, 0.5) is 0 Å². The highest BCUT2D eigenvalue weighted by atomic mass is 16.6. The number of aliphatic hydroxyl groups excluding tert-OH is 2. The van der Waals surface area contributed by atoms with Crippen molar-refractivity contribution in [3.05, 3.63) is 17.7 Å². The molecule has 8 heteroatoms. The first-order chi connectivity index (χ1) is 13.1. The van der Waals surface area contributed by atoms with Gasteiger partial charge in [0.15, 0.2) is 11.5 Å². The van der Waals surface area contributed by atoms with Crippen LogP contribution in [0, 0.1) is 5.92 Å². The number of β-amino-alcohol motifs (C(OH)–C–C–N with tert-alkyl or cyclic N) is 1. The van der Waals surface area contributed by atoms with Crippen LogP contribution in [-0.4, -0.2) is 80.2 Å². The van der Waals surface area contributed by atoms with Gasteiger partial charge in [0, 0.05) is 32.2 Å². The summed E-state index contributed by atoms with van der Waals surface area (Å²) in [6.45, 7) is 3.55. The zero-order valence-corrected chi connectivity index (χ0v) is 15.6. The van der Waals surface area contributed by atoms with Gasteiger partial charge in [0.25, 0.3) is 5.91 Å². The number of carbonyl (C=O) groups excluding carboxylic acids is 1. The van der Waals surface area contributed by atoms with Crippen LogP contribution in [0.3, 0.4) is 0 Å². The number of hydrogen-bond donors (Lipinski definition) is 3. The summed E-state index contributed by atoms with van der Waals surface area (Å²) in [7, 11) is 1.54. The van der Waals surface area contributed by atoms with E-state index >= 15 is 0 Å². The van der Waals surface area contributed by atoms with Gasteiger partial charge in [-0.1, -0.05) is 0 Å². The highest BCUT2D eigenvalue weighted by Gasteiger charge is 2.29. The van der Waals surface area contributed by atoms with E-state index in [-0.39, 0.29) is 18.4 Å². The van der Waals surface area contributed by atoms with E-state index in [1.807, 2.05) is 0 Å². The van der Waals surface area contributed by atoms with Crippen LogP contribution < -0.4 is 19.5 Å². The quantitative estimate of drug-likeness (QED) is 0.624. The first-order valence-corrected chi connectivity index (χ1v) is 9.40. The number of aliphatic hydroxyl groups is 2. The van der Waals surface area contributed by atoms with Crippen LogP contribution in [-0.2, 0) is 0 Å². The third-order valence-corrected chi connectivity index (χ3v) is 5.08. The van der Waals surface area contributed by atoms with Crippen molar-refractivity contribution in [2.24, 2.45) is 5.92 Å². The molecule has 2 heterocycles. The summed E-state index contributed by atoms with van der Waals surface area (Å²) >= 11 is 0. The molecule has 27 heavy (non-hydrogen) atoms. The number of methoxy groups -OCH3 is 1. The summed E-state index contributed by atoms with van der Waals surface area (Å²) < 4.78 is 16.5. The number of rotatable bonds is 7. The number of ether oxygens (including phenoxy) is 3. The number of hydrogen-bond acceptors (Lipinski definition) is 7. The second-order valence-corrected chi connectivity index (χ2v) is 6.87. The van der Waals surface area contributed by atoms with Crippen molar-refractivity contribution in [1.29, 1.82) is 0 Å². The Bertz CT molecular complexity index is 653. The molecule has 3 N–H and O–H groups in total. The average Bonchev–Trinajstić information content (AvgIpc) is 2.70. The largest absolute Gasteiger partial charge is 0.493 e. The Morgan fingerprint density at radius 3 is 2.81 bits per heavy atom. The molecule has 1 aromatic carbocycles. The Balaban J connectivity index is 1.59. The lowest BCUT2D eigenvalue weighted by Gasteiger charge is -2.36. The van der Waals surface area contributed by atoms with Crippen molar-refractivity contribution in [3.8, 4) is 17.2 Å². The Kier molecular flexibility index (Phi) is 6.76. The number of fused-ring (bicyclic) bond motifs is 1. The molecule has 0 saturated carbocycles. The fourth-order valence-electron chi connectivity index (χ4n) is 3.55. The number of benzene rings is 1. The van der Waals surface area contributed by atoms with Crippen molar-refractivity contribution >= 4 is 5.91 Å². The molecule has 2 aliphatic heterocycles. The van der Waals surface area contributed by atoms with Crippen LogP contribution in [0.5, 0.6) is 17.2 Å². The molecule has 1 aromatic rings. The van der Waals surface area contributed by atoms with Gasteiger partial charge in [-0.2, -0.15) is 0 Å². The van der Waals surface area contributed by atoms with E-state index < -0.39 is 6.10 Å². The first kappa shape index (κ1) is 19.7. The van der Waals surface area contributed by atoms with Gasteiger partial charge in [-0.25, -0.2) is 0 Å². The predicted octanol–water partition coefficient (Wildman–Crippen LogP) is 0.261. The lowest BCUT2D eigenvalue weighted by Crippen LogP contribution is -2.48. The lowest BCUT2D eigenvalue weighted by molar-refractivity contribution is 0.0201. The number of likely N-dealkylation sites (tertiary alicyclic amines) is 1. The molecular weight excluding hydrogens is 352 g/mol. The maximum absolute atomic E-state index is 12.7. The van der Waals surface area contributed by atoms with Gasteiger partial charge in [-0.05, 0) is 31.5 Å². The number of nitrogens with zero attached hydrogens (tertiary/aromatic N) is 1. The van der Waals surface area contributed by atoms with Crippen molar-refractivity contribution < 1.29 is 29.2 Å². The van der Waals surface area contributed by atoms with E-state index in [0.717, 1.165) is 19.5 Å². The van der Waals surface area contributed by atoms with Gasteiger partial charge in [-0.3, -0.25) is 4.79 Å². The van der Waals surface area contributed by atoms with Gasteiger partial charge in [0.1, 0.15) is 13.2 Å². The fourth-order valence-corrected chi connectivity index (χ4v) is 3.55. The Morgan fingerprint density at radius 2 is 2.11 bits per heavy atom. The van der Waals surface area contributed by atoms with E-state index in [1.165, 1.54) is 0 Å². The monoisotopic (exact) mass is 380 g/mol. The summed E-state index contributed by atoms with van der Waals surface area (Å²) in [6, 6.07) is 3.35. The molecule has 1 saturated heterocycles. The van der Waals surface area contributed by atoms with E-state index in [0.29, 0.717) is 55.5 Å². The molecule has 150 valence electrons. The molecule has 3 rings (SSSR count). The number of amides is 1. The van der Waals surface area contributed by atoms with Gasteiger partial charge >= 0.3 is 0 Å². The number of nitrogens with one attached hydrogen (secondary N) is 1. The summed E-state index contributed by atoms with van der Waals surface area (Å²) in [6.07, 6.45) is 1.01. The highest BCUT2D eigenvalue weighted by Crippen LogP contribution is 2.41. The molecule has 0 bridgehead atoms. The predicted molar refractivity (Wildman–Crippen MR) is 98.6 cm³/mol. The minimum atomic E-state index is -0.498. The third kappa shape index (κ3) is 4.63. The molecule has 1 unspecified atom stereocenters. The maximum atomic E-state index is 12.7. The van der Waals surface area contributed by atoms with Crippen LogP contribution in [0.15, 0.2) is 12.1 Å². The molecule has 0 aliphatic carbocycles. The normalized spacial score (nSPS) is 22.3. The smallest absolute Gasteiger partial charge is 0.255 e. The molecular formula is C19H28N2O6. The number of carbonyl (C=O) groups is 1. The summed E-state index contributed by atoms with van der Waals surface area (Å²) in [4.78, 5) is 14.8. The first-order valence-electron chi connectivity index (χ1n) is 9.40. The summed E-state index contributed by atoms with van der Waals surface area (Å²) in [5.41, 5.74) is 0.403. The van der Waals surface area contributed by atoms with Gasteiger partial charge < -0.3 is 34.6 Å². The van der Waals surface area contributed by atoms with Crippen LogP contribution in [0.1, 0.15) is 23.2 Å². The summed E-state index contributed by atoms with van der Waals surface area (Å²) in [5, 5.41) is 22.2. The zero-order valence-electron chi connectivity index (χ0n) is 15.6. The van der Waals surface area contributed by atoms with Crippen molar-refractivity contribution in [3.63, 3.8) is 0 Å². The van der Waals surface area contributed by atoms with Crippen molar-refractivity contribution in [1.82, 2.24) is 10.2 Å². The average molecular weight is 380 g/mol. The van der Waals surface area contributed by atoms with E-state index in [2.05, 4.69) is 10.2 Å². The molecule has 8 nitrogen and oxygen atoms in total. The Morgan fingerprint density at radius 1 is 1.33 bits per heavy atom. The van der Waals surface area contributed by atoms with Crippen molar-refractivity contribution in [2.75, 3.05) is 53.1 Å². The van der Waals surface area contributed by atoms with Crippen LogP contribution in [0.25, 0.3) is 0 Å². The minimum Gasteiger partial charge on any atom is -0.493 e. The Labute approximate surface area is 159 Å². The number of piperidine rings is 1. The van der Waals surface area contributed by atoms with Crippen molar-refractivity contribution in [2.45, 2.75) is 18.9 Å². The zero-order chi connectivity index (χ0) is 19.2. The van der Waals surface area contributed by atoms with Gasteiger partial charge in [-0.15, -0.1) is 0 Å². The molecule has 0 aromatic heterocycles. The molecule has 2 aliphatic rings. The van der Waals surface area contributed by atoms with Gasteiger partial charge in [0.2, 0.25) is 5.75 Å². The van der Waals surface area contributed by atoms with E-state index in [1.54, 1.807) is 19.2 Å². The third-order valence-electron chi connectivity index (χ3n) is 5.08. The molecule has 0 radical (unpaired) electrons. The van der Waals surface area contributed by atoms with Crippen LogP contribution in [0.2, 0.25) is 0 Å². The molecule has 1 amide bonds. The minimum absolute atomic E-state index is 0.00516. The summed E-state index contributed by atoms with van der Waals surface area (Å²) in [5.74, 6) is 1.14. The molecule has 0 spiro atoms. The second-order valence-electron chi connectivity index (χ2n) is 6.87. The standard InChI is InChI=1S/C19H28N2O6/c1-25-16-4-3-14(17-18(16)27-10-9-26-17)19(24)20-11-13-5-7-21(6-2-8-22)12-15(13)23/h3-4,13,15,22-23H,2,5-12H2,1H3,(H,20,24)/t13-,15?/m0/s1. The SMILES string of the molecule is COc1ccc(C(=O)NC[C@@H]2CCN(CCCO)CC2O)c2c1OCCO2. The maximum Gasteiger partial charge on any atom is 0.255 e. The molecule has 2 atom stereocenters. The second kappa shape index (κ2) is 9.25. The molecule has 1 fully saturated rings.